The molecule has 4 rings (SSSR count). The van der Waals surface area contributed by atoms with Crippen LogP contribution in [0.15, 0.2) is 6.07 Å². The molecular weight excluding hydrogens is 331 g/mol. The van der Waals surface area contributed by atoms with Gasteiger partial charge in [-0.15, -0.1) is 24.8 Å². The first-order chi connectivity index (χ1) is 9.93. The summed E-state index contributed by atoms with van der Waals surface area (Å²) in [5.41, 5.74) is 3.64. The number of nitrogens with zero attached hydrogens (tertiary/aromatic N) is 3. The second-order valence-electron chi connectivity index (χ2n) is 8.65. The number of fused-ring (bicyclic) bond motifs is 3. The van der Waals surface area contributed by atoms with Crippen molar-refractivity contribution in [1.82, 2.24) is 20.0 Å². The van der Waals surface area contributed by atoms with E-state index in [1.807, 2.05) is 0 Å². The molecule has 2 atom stereocenters. The van der Waals surface area contributed by atoms with Crippen molar-refractivity contribution in [2.75, 3.05) is 13.1 Å². The number of nitrogens with one attached hydrogen (secondary N) is 1. The van der Waals surface area contributed by atoms with Crippen LogP contribution in [0.2, 0.25) is 0 Å². The van der Waals surface area contributed by atoms with E-state index in [2.05, 4.69) is 41.7 Å². The second-order valence-corrected chi connectivity index (χ2v) is 8.65. The Bertz CT molecular complexity index is 533. The minimum atomic E-state index is 0. The minimum absolute atomic E-state index is 0. The molecule has 1 N–H and O–H groups in total. The van der Waals surface area contributed by atoms with Crippen molar-refractivity contribution in [3.63, 3.8) is 0 Å². The lowest BCUT2D eigenvalue weighted by Gasteiger charge is -2.39. The van der Waals surface area contributed by atoms with E-state index in [1.54, 1.807) is 0 Å². The van der Waals surface area contributed by atoms with E-state index in [0.29, 0.717) is 10.8 Å². The summed E-state index contributed by atoms with van der Waals surface area (Å²) < 4.78 is 2.19. The Kier molecular flexibility index (Phi) is 5.42. The van der Waals surface area contributed by atoms with Crippen LogP contribution in [0.5, 0.6) is 0 Å². The highest BCUT2D eigenvalue weighted by Gasteiger charge is 2.49. The predicted molar refractivity (Wildman–Crippen MR) is 98.4 cm³/mol. The molecule has 132 valence electrons. The summed E-state index contributed by atoms with van der Waals surface area (Å²) in [6, 6.07) is 3.07. The standard InChI is InChI=1S/C17H28N4.2ClH/c1-16(2)7-15-8-17(3,11-16)12-20(15)10-13-6-14-9-18-4-5-21(14)19-13;;/h6,15,18H,4-5,7-12H2,1-3H3;2*1H/t15-,17-;;/m1../s1. The van der Waals surface area contributed by atoms with E-state index >= 15 is 0 Å². The Balaban J connectivity index is 0.000000960. The molecule has 2 aliphatic heterocycles. The lowest BCUT2D eigenvalue weighted by atomic mass is 9.65. The minimum Gasteiger partial charge on any atom is -0.309 e. The normalized spacial score (nSPS) is 31.9. The molecule has 3 aliphatic rings. The van der Waals surface area contributed by atoms with Crippen molar-refractivity contribution in [2.24, 2.45) is 10.8 Å². The van der Waals surface area contributed by atoms with Gasteiger partial charge < -0.3 is 5.32 Å². The lowest BCUT2D eigenvalue weighted by molar-refractivity contribution is 0.126. The number of aromatic nitrogens is 2. The van der Waals surface area contributed by atoms with Crippen LogP contribution in [0, 0.1) is 10.8 Å². The fourth-order valence-corrected chi connectivity index (χ4v) is 5.30. The largest absolute Gasteiger partial charge is 0.309 e. The molecule has 1 saturated heterocycles. The third kappa shape index (κ3) is 3.71. The van der Waals surface area contributed by atoms with E-state index < -0.39 is 0 Å². The Morgan fingerprint density at radius 3 is 2.78 bits per heavy atom. The number of rotatable bonds is 2. The monoisotopic (exact) mass is 360 g/mol. The lowest BCUT2D eigenvalue weighted by Crippen LogP contribution is -2.34. The summed E-state index contributed by atoms with van der Waals surface area (Å²) in [6.45, 7) is 12.7. The molecule has 3 heterocycles. The quantitative estimate of drug-likeness (QED) is 0.878. The van der Waals surface area contributed by atoms with Gasteiger partial charge in [0.2, 0.25) is 0 Å². The third-order valence-electron chi connectivity index (χ3n) is 5.61. The molecule has 1 aromatic rings. The average Bonchev–Trinajstić information content (AvgIpc) is 2.86. The first kappa shape index (κ1) is 19.0. The van der Waals surface area contributed by atoms with E-state index in [0.717, 1.165) is 32.2 Å². The van der Waals surface area contributed by atoms with Gasteiger partial charge in [-0.25, -0.2) is 0 Å². The molecule has 2 bridgehead atoms. The maximum absolute atomic E-state index is 4.82. The molecule has 23 heavy (non-hydrogen) atoms. The predicted octanol–water partition coefficient (Wildman–Crippen LogP) is 3.23. The Hall–Kier alpha value is -0.290. The molecule has 1 aromatic heterocycles. The summed E-state index contributed by atoms with van der Waals surface area (Å²) in [5, 5.41) is 8.25. The van der Waals surface area contributed by atoms with Gasteiger partial charge in [0.1, 0.15) is 0 Å². The van der Waals surface area contributed by atoms with E-state index in [9.17, 15) is 0 Å². The first-order valence-electron chi connectivity index (χ1n) is 8.43. The van der Waals surface area contributed by atoms with Gasteiger partial charge in [-0.2, -0.15) is 5.10 Å². The Morgan fingerprint density at radius 2 is 2.04 bits per heavy atom. The third-order valence-corrected chi connectivity index (χ3v) is 5.61. The van der Waals surface area contributed by atoms with Crippen LogP contribution in [0.1, 0.15) is 51.4 Å². The highest BCUT2D eigenvalue weighted by Crippen LogP contribution is 2.52. The SMILES string of the molecule is CC1(C)C[C@@H]2C[C@@](C)(CN2Cc2cc3n(n2)CCNC3)C1.Cl.Cl. The van der Waals surface area contributed by atoms with Crippen LogP contribution in [0.4, 0.5) is 0 Å². The van der Waals surface area contributed by atoms with Gasteiger partial charge >= 0.3 is 0 Å². The van der Waals surface area contributed by atoms with Crippen molar-refractivity contribution >= 4 is 24.8 Å². The fourth-order valence-electron chi connectivity index (χ4n) is 5.30. The van der Waals surface area contributed by atoms with Gasteiger partial charge in [-0.05, 0) is 36.2 Å². The van der Waals surface area contributed by atoms with Crippen LogP contribution in [0.3, 0.4) is 0 Å². The molecule has 0 unspecified atom stereocenters. The topological polar surface area (TPSA) is 33.1 Å². The molecular formula is C17H30Cl2N4. The summed E-state index contributed by atoms with van der Waals surface area (Å²) in [4.78, 5) is 2.70. The highest BCUT2D eigenvalue weighted by atomic mass is 35.5. The first-order valence-corrected chi connectivity index (χ1v) is 8.43. The average molecular weight is 361 g/mol. The summed E-state index contributed by atoms with van der Waals surface area (Å²) >= 11 is 0. The molecule has 0 amide bonds. The molecule has 6 heteroatoms. The summed E-state index contributed by atoms with van der Waals surface area (Å²) in [6.07, 6.45) is 4.10. The van der Waals surface area contributed by atoms with Gasteiger partial charge in [0, 0.05) is 32.2 Å². The van der Waals surface area contributed by atoms with Crippen LogP contribution in [0.25, 0.3) is 0 Å². The van der Waals surface area contributed by atoms with Crippen LogP contribution >= 0.6 is 24.8 Å². The summed E-state index contributed by atoms with van der Waals surface area (Å²) in [5.74, 6) is 0. The van der Waals surface area contributed by atoms with E-state index in [-0.39, 0.29) is 24.8 Å². The Labute approximate surface area is 152 Å². The molecule has 0 spiro atoms. The molecule has 1 aliphatic carbocycles. The molecule has 0 aromatic carbocycles. The van der Waals surface area contributed by atoms with Crippen LogP contribution in [-0.4, -0.2) is 33.8 Å². The van der Waals surface area contributed by atoms with Gasteiger partial charge in [-0.1, -0.05) is 20.8 Å². The van der Waals surface area contributed by atoms with E-state index in [4.69, 9.17) is 5.10 Å². The molecule has 2 fully saturated rings. The van der Waals surface area contributed by atoms with Gasteiger partial charge in [-0.3, -0.25) is 9.58 Å². The zero-order valence-corrected chi connectivity index (χ0v) is 16.1. The second kappa shape index (κ2) is 6.55. The van der Waals surface area contributed by atoms with Crippen LogP contribution in [-0.2, 0) is 19.6 Å². The maximum atomic E-state index is 4.82. The van der Waals surface area contributed by atoms with Crippen LogP contribution < -0.4 is 5.32 Å². The smallest absolute Gasteiger partial charge is 0.0768 e. The van der Waals surface area contributed by atoms with Crippen molar-refractivity contribution in [3.8, 4) is 0 Å². The van der Waals surface area contributed by atoms with Gasteiger partial charge in [0.25, 0.3) is 0 Å². The highest BCUT2D eigenvalue weighted by molar-refractivity contribution is 5.85. The van der Waals surface area contributed by atoms with Gasteiger partial charge in [0.05, 0.1) is 17.9 Å². The molecule has 1 saturated carbocycles. The van der Waals surface area contributed by atoms with Crippen molar-refractivity contribution in [3.05, 3.63) is 17.5 Å². The Morgan fingerprint density at radius 1 is 1.26 bits per heavy atom. The summed E-state index contributed by atoms with van der Waals surface area (Å²) in [7, 11) is 0. The number of hydrogen-bond donors (Lipinski definition) is 1. The van der Waals surface area contributed by atoms with E-state index in [1.165, 1.54) is 37.2 Å². The van der Waals surface area contributed by atoms with Crippen molar-refractivity contribution in [1.29, 1.82) is 0 Å². The van der Waals surface area contributed by atoms with Crippen molar-refractivity contribution in [2.45, 2.75) is 65.7 Å². The van der Waals surface area contributed by atoms with Crippen molar-refractivity contribution < 1.29 is 0 Å². The molecule has 4 nitrogen and oxygen atoms in total. The zero-order chi connectivity index (χ0) is 14.7. The zero-order valence-electron chi connectivity index (χ0n) is 14.5. The number of likely N-dealkylation sites (tertiary alicyclic amines) is 1. The maximum Gasteiger partial charge on any atom is 0.0768 e. The molecule has 0 radical (unpaired) electrons. The number of halogens is 2. The number of hydrogen-bond acceptors (Lipinski definition) is 3. The van der Waals surface area contributed by atoms with Gasteiger partial charge in [0.15, 0.2) is 0 Å². The fraction of sp³-hybridized carbons (Fsp3) is 0.824.